The number of benzene rings is 1. The van der Waals surface area contributed by atoms with Crippen LogP contribution in [0.15, 0.2) is 34.7 Å². The highest BCUT2D eigenvalue weighted by atomic mass is 16.3. The van der Waals surface area contributed by atoms with E-state index in [2.05, 4.69) is 5.32 Å². The van der Waals surface area contributed by atoms with Crippen molar-refractivity contribution in [3.63, 3.8) is 0 Å². The zero-order valence-corrected chi connectivity index (χ0v) is 11.4. The summed E-state index contributed by atoms with van der Waals surface area (Å²) in [4.78, 5) is 11.5. The number of furan rings is 1. The van der Waals surface area contributed by atoms with E-state index < -0.39 is 0 Å². The number of carbonyl (C=O) groups excluding carboxylic acids is 1. The van der Waals surface area contributed by atoms with Gasteiger partial charge in [0.05, 0.1) is 6.04 Å². The van der Waals surface area contributed by atoms with Crippen LogP contribution in [0.3, 0.4) is 0 Å². The molecule has 1 aromatic carbocycles. The number of Topliss-reactive ketones (excluding diaryl/α,β-unsaturated/α-hetero) is 1. The highest BCUT2D eigenvalue weighted by Gasteiger charge is 2.11. The summed E-state index contributed by atoms with van der Waals surface area (Å²) in [5.74, 6) is 1.70. The number of nitrogens with one attached hydrogen (secondary N) is 1. The van der Waals surface area contributed by atoms with Gasteiger partial charge >= 0.3 is 0 Å². The van der Waals surface area contributed by atoms with E-state index in [9.17, 15) is 4.79 Å². The van der Waals surface area contributed by atoms with E-state index >= 15 is 0 Å². The summed E-state index contributed by atoms with van der Waals surface area (Å²) >= 11 is 0. The van der Waals surface area contributed by atoms with Gasteiger partial charge in [-0.25, -0.2) is 0 Å². The molecule has 4 heteroatoms. The summed E-state index contributed by atoms with van der Waals surface area (Å²) in [5.41, 5.74) is 7.65. The summed E-state index contributed by atoms with van der Waals surface area (Å²) < 4.78 is 5.56. The number of hydrogen-bond donors (Lipinski definition) is 2. The first-order valence-corrected chi connectivity index (χ1v) is 6.20. The third-order valence-corrected chi connectivity index (χ3v) is 3.00. The maximum absolute atomic E-state index is 11.5. The molecule has 0 aliphatic carbocycles. The fourth-order valence-electron chi connectivity index (χ4n) is 1.96. The highest BCUT2D eigenvalue weighted by molar-refractivity contribution is 6.00. The number of anilines is 2. The molecule has 3 N–H and O–H groups in total. The summed E-state index contributed by atoms with van der Waals surface area (Å²) in [7, 11) is 0. The summed E-state index contributed by atoms with van der Waals surface area (Å²) in [6.07, 6.45) is 0. The molecule has 4 nitrogen and oxygen atoms in total. The van der Waals surface area contributed by atoms with Crippen molar-refractivity contribution >= 4 is 17.2 Å². The van der Waals surface area contributed by atoms with Crippen LogP contribution < -0.4 is 11.1 Å². The molecular formula is C15H18N2O2. The van der Waals surface area contributed by atoms with E-state index in [1.54, 1.807) is 12.1 Å². The lowest BCUT2D eigenvalue weighted by Gasteiger charge is -2.14. The quantitative estimate of drug-likeness (QED) is 0.650. The first-order chi connectivity index (χ1) is 8.97. The average molecular weight is 258 g/mol. The molecule has 0 saturated carbocycles. The Hall–Kier alpha value is -2.23. The SMILES string of the molecule is CC(=O)c1cc(NC(C)c2ccc(C)o2)ccc1N. The van der Waals surface area contributed by atoms with Crippen LogP contribution in [0, 0.1) is 6.92 Å². The first-order valence-electron chi connectivity index (χ1n) is 6.20. The monoisotopic (exact) mass is 258 g/mol. The Balaban J connectivity index is 2.19. The molecule has 100 valence electrons. The zero-order valence-electron chi connectivity index (χ0n) is 11.4. The van der Waals surface area contributed by atoms with Crippen molar-refractivity contribution < 1.29 is 9.21 Å². The maximum Gasteiger partial charge on any atom is 0.161 e. The molecule has 0 saturated heterocycles. The molecule has 1 atom stereocenters. The van der Waals surface area contributed by atoms with Gasteiger partial charge in [0.25, 0.3) is 0 Å². The predicted molar refractivity (Wildman–Crippen MR) is 76.3 cm³/mol. The average Bonchev–Trinajstić information content (AvgIpc) is 2.78. The number of rotatable bonds is 4. The minimum absolute atomic E-state index is 0.0251. The van der Waals surface area contributed by atoms with Gasteiger partial charge in [0.1, 0.15) is 11.5 Å². The molecule has 2 rings (SSSR count). The van der Waals surface area contributed by atoms with E-state index in [0.717, 1.165) is 17.2 Å². The molecule has 1 aromatic heterocycles. The van der Waals surface area contributed by atoms with E-state index in [1.165, 1.54) is 6.92 Å². The van der Waals surface area contributed by atoms with Crippen molar-refractivity contribution in [1.82, 2.24) is 0 Å². The predicted octanol–water partition coefficient (Wildman–Crippen LogP) is 3.55. The minimum Gasteiger partial charge on any atom is -0.464 e. The van der Waals surface area contributed by atoms with Crippen LogP contribution in [0.5, 0.6) is 0 Å². The molecule has 0 aliphatic rings. The second-order valence-corrected chi connectivity index (χ2v) is 4.67. The lowest BCUT2D eigenvalue weighted by atomic mass is 10.1. The van der Waals surface area contributed by atoms with Crippen molar-refractivity contribution in [3.8, 4) is 0 Å². The topological polar surface area (TPSA) is 68.3 Å². The third kappa shape index (κ3) is 2.96. The van der Waals surface area contributed by atoms with E-state index in [0.29, 0.717) is 11.3 Å². The van der Waals surface area contributed by atoms with Crippen molar-refractivity contribution in [2.24, 2.45) is 0 Å². The second-order valence-electron chi connectivity index (χ2n) is 4.67. The van der Waals surface area contributed by atoms with Crippen molar-refractivity contribution in [2.75, 3.05) is 11.1 Å². The van der Waals surface area contributed by atoms with Gasteiger partial charge in [0.15, 0.2) is 5.78 Å². The van der Waals surface area contributed by atoms with Crippen molar-refractivity contribution in [3.05, 3.63) is 47.4 Å². The zero-order chi connectivity index (χ0) is 14.0. The van der Waals surface area contributed by atoms with Gasteiger partial charge in [-0.2, -0.15) is 0 Å². The number of carbonyl (C=O) groups is 1. The van der Waals surface area contributed by atoms with Gasteiger partial charge in [0.2, 0.25) is 0 Å². The minimum atomic E-state index is -0.0392. The van der Waals surface area contributed by atoms with Crippen molar-refractivity contribution in [2.45, 2.75) is 26.8 Å². The largest absolute Gasteiger partial charge is 0.464 e. The molecule has 0 radical (unpaired) electrons. The van der Waals surface area contributed by atoms with Crippen LogP contribution in [0.1, 0.15) is 41.8 Å². The van der Waals surface area contributed by atoms with Crippen LogP contribution in [-0.2, 0) is 0 Å². The van der Waals surface area contributed by atoms with Gasteiger partial charge in [-0.3, -0.25) is 4.79 Å². The number of aryl methyl sites for hydroxylation is 1. The Morgan fingerprint density at radius 3 is 2.63 bits per heavy atom. The Morgan fingerprint density at radius 1 is 1.32 bits per heavy atom. The summed E-state index contributed by atoms with van der Waals surface area (Å²) in [5, 5.41) is 3.29. The van der Waals surface area contributed by atoms with Crippen molar-refractivity contribution in [1.29, 1.82) is 0 Å². The number of nitrogens with two attached hydrogens (primary N) is 1. The molecule has 2 aromatic rings. The van der Waals surface area contributed by atoms with Gasteiger partial charge in [-0.05, 0) is 51.1 Å². The fourth-order valence-corrected chi connectivity index (χ4v) is 1.96. The summed E-state index contributed by atoms with van der Waals surface area (Å²) in [6.45, 7) is 5.42. The number of ketones is 1. The molecule has 0 spiro atoms. The van der Waals surface area contributed by atoms with Crippen LogP contribution in [-0.4, -0.2) is 5.78 Å². The van der Waals surface area contributed by atoms with E-state index in [-0.39, 0.29) is 11.8 Å². The third-order valence-electron chi connectivity index (χ3n) is 3.00. The number of hydrogen-bond acceptors (Lipinski definition) is 4. The summed E-state index contributed by atoms with van der Waals surface area (Å²) in [6, 6.07) is 9.25. The standard InChI is InChI=1S/C15H18N2O2/c1-9-4-7-15(19-9)10(2)17-12-5-6-14(16)13(8-12)11(3)18/h4-8,10,17H,16H2,1-3H3. The maximum atomic E-state index is 11.5. The molecule has 0 bridgehead atoms. The van der Waals surface area contributed by atoms with Crippen LogP contribution in [0.2, 0.25) is 0 Å². The Labute approximate surface area is 112 Å². The lowest BCUT2D eigenvalue weighted by molar-refractivity contribution is 0.101. The second kappa shape index (κ2) is 5.18. The smallest absolute Gasteiger partial charge is 0.161 e. The Kier molecular flexibility index (Phi) is 3.60. The molecular weight excluding hydrogens is 240 g/mol. The molecule has 1 heterocycles. The normalized spacial score (nSPS) is 12.2. The highest BCUT2D eigenvalue weighted by Crippen LogP contribution is 2.24. The Morgan fingerprint density at radius 2 is 2.05 bits per heavy atom. The molecule has 0 aliphatic heterocycles. The van der Waals surface area contributed by atoms with Crippen LogP contribution in [0.25, 0.3) is 0 Å². The van der Waals surface area contributed by atoms with E-state index in [1.807, 2.05) is 32.0 Å². The van der Waals surface area contributed by atoms with Gasteiger partial charge in [-0.1, -0.05) is 0 Å². The van der Waals surface area contributed by atoms with Gasteiger partial charge in [0, 0.05) is 16.9 Å². The number of nitrogen functional groups attached to an aromatic ring is 1. The first kappa shape index (κ1) is 13.2. The molecule has 19 heavy (non-hydrogen) atoms. The van der Waals surface area contributed by atoms with Gasteiger partial charge < -0.3 is 15.5 Å². The molecule has 1 unspecified atom stereocenters. The fraction of sp³-hybridized carbons (Fsp3) is 0.267. The van der Waals surface area contributed by atoms with Gasteiger partial charge in [-0.15, -0.1) is 0 Å². The van der Waals surface area contributed by atoms with Crippen LogP contribution in [0.4, 0.5) is 11.4 Å². The van der Waals surface area contributed by atoms with E-state index in [4.69, 9.17) is 10.2 Å². The lowest BCUT2D eigenvalue weighted by Crippen LogP contribution is -2.07. The Bertz CT molecular complexity index is 602. The molecule has 0 fully saturated rings. The molecule has 0 amide bonds. The van der Waals surface area contributed by atoms with Crippen LogP contribution >= 0.6 is 0 Å².